The summed E-state index contributed by atoms with van der Waals surface area (Å²) in [6.45, 7) is 0. The van der Waals surface area contributed by atoms with E-state index in [1.807, 2.05) is 36.4 Å². The van der Waals surface area contributed by atoms with E-state index in [1.54, 1.807) is 43.7 Å². The van der Waals surface area contributed by atoms with Gasteiger partial charge in [-0.3, -0.25) is 9.52 Å². The minimum atomic E-state index is -3.83. The molecule has 0 saturated carbocycles. The van der Waals surface area contributed by atoms with Crippen LogP contribution in [0.5, 0.6) is 17.2 Å². The van der Waals surface area contributed by atoms with E-state index < -0.39 is 16.1 Å². The molecule has 4 aromatic rings. The van der Waals surface area contributed by atoms with Crippen molar-refractivity contribution in [2.75, 3.05) is 31.0 Å². The molecular formula is C27H25N3O6S2. The fraction of sp³-hybridized carbons (Fsp3) is 0.185. The quantitative estimate of drug-likeness (QED) is 0.340. The van der Waals surface area contributed by atoms with Crippen LogP contribution in [0.2, 0.25) is 0 Å². The number of thiazole rings is 1. The number of carbonyl (C=O) groups is 1. The van der Waals surface area contributed by atoms with E-state index in [0.717, 1.165) is 16.7 Å². The zero-order valence-electron chi connectivity index (χ0n) is 20.9. The third-order valence-corrected chi connectivity index (χ3v) is 8.49. The number of nitrogens with zero attached hydrogens (tertiary/aromatic N) is 2. The second-order valence-electron chi connectivity index (χ2n) is 8.46. The molecule has 0 radical (unpaired) electrons. The number of sulfonamides is 1. The van der Waals surface area contributed by atoms with Crippen molar-refractivity contribution in [1.29, 1.82) is 0 Å². The van der Waals surface area contributed by atoms with Crippen LogP contribution in [-0.4, -0.2) is 40.6 Å². The van der Waals surface area contributed by atoms with Gasteiger partial charge in [-0.15, -0.1) is 11.3 Å². The van der Waals surface area contributed by atoms with Crippen molar-refractivity contribution < 1.29 is 27.4 Å². The van der Waals surface area contributed by atoms with Gasteiger partial charge in [-0.2, -0.15) is 0 Å². The Morgan fingerprint density at radius 3 is 2.24 bits per heavy atom. The Morgan fingerprint density at radius 2 is 1.63 bits per heavy atom. The van der Waals surface area contributed by atoms with E-state index in [1.165, 1.54) is 29.7 Å². The summed E-state index contributed by atoms with van der Waals surface area (Å²) in [5.74, 6) is 1.65. The van der Waals surface area contributed by atoms with Crippen LogP contribution in [0.3, 0.4) is 0 Å². The van der Waals surface area contributed by atoms with Gasteiger partial charge >= 0.3 is 0 Å². The molecule has 1 aliphatic heterocycles. The number of rotatable bonds is 8. The number of anilines is 2. The molecule has 9 nitrogen and oxygen atoms in total. The summed E-state index contributed by atoms with van der Waals surface area (Å²) < 4.78 is 44.5. The number of hydrogen-bond donors (Lipinski definition) is 1. The lowest BCUT2D eigenvalue weighted by molar-refractivity contribution is -0.118. The fourth-order valence-electron chi connectivity index (χ4n) is 4.52. The second kappa shape index (κ2) is 10.3. The second-order valence-corrected chi connectivity index (χ2v) is 11.0. The first-order chi connectivity index (χ1) is 18.3. The number of fused-ring (bicyclic) bond motifs is 1. The first kappa shape index (κ1) is 25.6. The fourth-order valence-corrected chi connectivity index (χ4v) is 6.31. The molecule has 196 valence electrons. The predicted molar refractivity (Wildman–Crippen MR) is 145 cm³/mol. The van der Waals surface area contributed by atoms with Crippen molar-refractivity contribution in [3.05, 3.63) is 88.9 Å². The Hall–Kier alpha value is -4.09. The van der Waals surface area contributed by atoms with Crippen molar-refractivity contribution in [2.45, 2.75) is 17.4 Å². The number of hydrogen-bond acceptors (Lipinski definition) is 8. The summed E-state index contributed by atoms with van der Waals surface area (Å²) in [7, 11) is 0.885. The normalized spacial score (nSPS) is 15.1. The Labute approximate surface area is 224 Å². The monoisotopic (exact) mass is 551 g/mol. The van der Waals surface area contributed by atoms with E-state index in [0.29, 0.717) is 22.9 Å². The van der Waals surface area contributed by atoms with E-state index in [-0.39, 0.29) is 22.4 Å². The van der Waals surface area contributed by atoms with Crippen LogP contribution in [0.4, 0.5) is 10.8 Å². The summed E-state index contributed by atoms with van der Waals surface area (Å²) >= 11 is 1.19. The molecule has 38 heavy (non-hydrogen) atoms. The topological polar surface area (TPSA) is 107 Å². The Kier molecular flexibility index (Phi) is 6.96. The maximum Gasteiger partial charge on any atom is 0.263 e. The zero-order chi connectivity index (χ0) is 26.9. The van der Waals surface area contributed by atoms with Crippen molar-refractivity contribution in [3.8, 4) is 17.2 Å². The molecule has 5 rings (SSSR count). The number of ether oxygens (including phenoxy) is 3. The highest BCUT2D eigenvalue weighted by Crippen LogP contribution is 2.43. The lowest BCUT2D eigenvalue weighted by atomic mass is 9.86. The van der Waals surface area contributed by atoms with E-state index in [2.05, 4.69) is 9.71 Å². The molecule has 0 saturated heterocycles. The van der Waals surface area contributed by atoms with Gasteiger partial charge < -0.3 is 19.1 Å². The van der Waals surface area contributed by atoms with Crippen LogP contribution in [0.25, 0.3) is 0 Å². The number of methoxy groups -OCH3 is 3. The lowest BCUT2D eigenvalue weighted by Gasteiger charge is -2.38. The largest absolute Gasteiger partial charge is 0.497 e. The minimum Gasteiger partial charge on any atom is -0.497 e. The molecular weight excluding hydrogens is 526 g/mol. The molecule has 0 spiro atoms. The minimum absolute atomic E-state index is 0.0636. The third-order valence-electron chi connectivity index (χ3n) is 6.32. The van der Waals surface area contributed by atoms with Crippen molar-refractivity contribution in [3.63, 3.8) is 0 Å². The van der Waals surface area contributed by atoms with Crippen LogP contribution in [0.1, 0.15) is 22.7 Å². The van der Waals surface area contributed by atoms with Gasteiger partial charge in [0.05, 0.1) is 38.7 Å². The highest BCUT2D eigenvalue weighted by Gasteiger charge is 2.36. The number of nitrogens with one attached hydrogen (secondary N) is 1. The SMILES string of the molecule is COc1ccc(C2c3cc(OC)c(OC)cc3CC(=O)N2c2ccc(S(=O)(=O)Nc3nccs3)cc2)cc1. The Bertz CT molecular complexity index is 1550. The van der Waals surface area contributed by atoms with Gasteiger partial charge in [-0.05, 0) is 65.2 Å². The van der Waals surface area contributed by atoms with Gasteiger partial charge in [0.15, 0.2) is 16.6 Å². The molecule has 1 N–H and O–H groups in total. The molecule has 0 aliphatic carbocycles. The highest BCUT2D eigenvalue weighted by atomic mass is 32.2. The van der Waals surface area contributed by atoms with Crippen LogP contribution in [0, 0.1) is 0 Å². The summed E-state index contributed by atoms with van der Waals surface area (Å²) in [6, 6.07) is 17.0. The molecule has 1 amide bonds. The highest BCUT2D eigenvalue weighted by molar-refractivity contribution is 7.93. The molecule has 3 aromatic carbocycles. The molecule has 0 fully saturated rings. The Balaban J connectivity index is 1.58. The number of amides is 1. The molecule has 1 unspecified atom stereocenters. The van der Waals surface area contributed by atoms with Gasteiger partial charge in [0.1, 0.15) is 5.75 Å². The number of aromatic nitrogens is 1. The van der Waals surface area contributed by atoms with E-state index in [9.17, 15) is 13.2 Å². The summed E-state index contributed by atoms with van der Waals surface area (Å²) in [5, 5.41) is 1.96. The molecule has 2 heterocycles. The van der Waals surface area contributed by atoms with Gasteiger partial charge in [0, 0.05) is 17.3 Å². The van der Waals surface area contributed by atoms with Gasteiger partial charge in [-0.25, -0.2) is 13.4 Å². The number of carbonyl (C=O) groups excluding carboxylic acids is 1. The zero-order valence-corrected chi connectivity index (χ0v) is 22.5. The maximum absolute atomic E-state index is 13.6. The average molecular weight is 552 g/mol. The van der Waals surface area contributed by atoms with Crippen molar-refractivity contribution in [1.82, 2.24) is 4.98 Å². The number of benzene rings is 3. The average Bonchev–Trinajstić information content (AvgIpc) is 3.44. The van der Waals surface area contributed by atoms with Crippen LogP contribution in [0.15, 0.2) is 77.1 Å². The summed E-state index contributed by atoms with van der Waals surface area (Å²) in [4.78, 5) is 19.3. The smallest absolute Gasteiger partial charge is 0.263 e. The van der Waals surface area contributed by atoms with Crippen LogP contribution in [-0.2, 0) is 21.2 Å². The molecule has 1 atom stereocenters. The molecule has 1 aliphatic rings. The lowest BCUT2D eigenvalue weighted by Crippen LogP contribution is -2.41. The first-order valence-electron chi connectivity index (χ1n) is 11.6. The summed E-state index contributed by atoms with van der Waals surface area (Å²) in [6.07, 6.45) is 1.67. The van der Waals surface area contributed by atoms with Gasteiger partial charge in [0.25, 0.3) is 10.0 Å². The van der Waals surface area contributed by atoms with Crippen LogP contribution < -0.4 is 23.8 Å². The predicted octanol–water partition coefficient (Wildman–Crippen LogP) is 4.65. The van der Waals surface area contributed by atoms with Crippen molar-refractivity contribution >= 4 is 38.1 Å². The maximum atomic E-state index is 13.6. The van der Waals surface area contributed by atoms with E-state index >= 15 is 0 Å². The van der Waals surface area contributed by atoms with Gasteiger partial charge in [0.2, 0.25) is 5.91 Å². The first-order valence-corrected chi connectivity index (χ1v) is 13.9. The van der Waals surface area contributed by atoms with Gasteiger partial charge in [-0.1, -0.05) is 12.1 Å². The molecule has 1 aromatic heterocycles. The van der Waals surface area contributed by atoms with Crippen molar-refractivity contribution in [2.24, 2.45) is 0 Å². The van der Waals surface area contributed by atoms with Crippen LogP contribution >= 0.6 is 11.3 Å². The molecule has 0 bridgehead atoms. The third kappa shape index (κ3) is 4.77. The molecule has 11 heteroatoms. The standard InChI is InChI=1S/C27H25N3O6S2/c1-34-20-8-4-17(5-9-20)26-22-16-24(36-3)23(35-2)14-18(22)15-25(31)30(26)19-6-10-21(11-7-19)38(32,33)29-27-28-12-13-37-27/h4-14,16,26H,15H2,1-3H3,(H,28,29). The van der Waals surface area contributed by atoms with E-state index in [4.69, 9.17) is 14.2 Å². The summed E-state index contributed by atoms with van der Waals surface area (Å²) in [5.41, 5.74) is 3.13. The Morgan fingerprint density at radius 1 is 0.947 bits per heavy atom.